The summed E-state index contributed by atoms with van der Waals surface area (Å²) in [6.07, 6.45) is 8.60. The lowest BCUT2D eigenvalue weighted by Crippen LogP contribution is -2.15. The van der Waals surface area contributed by atoms with E-state index in [1.165, 1.54) is 49.3 Å². The number of fused-ring (bicyclic) bond motifs is 10. The molecule has 4 nitrogen and oxygen atoms in total. The van der Waals surface area contributed by atoms with Gasteiger partial charge in [-0.05, 0) is 94.2 Å². The molecule has 292 valence electrons. The maximum Gasteiger partial charge on any atom is 0.137 e. The third-order valence-electron chi connectivity index (χ3n) is 12.9. The number of ether oxygens (including phenoxy) is 1. The Labute approximate surface area is 358 Å². The Kier molecular flexibility index (Phi) is 7.70. The van der Waals surface area contributed by atoms with Crippen LogP contribution in [0.25, 0.3) is 82.5 Å². The molecule has 2 aliphatic rings. The van der Waals surface area contributed by atoms with E-state index >= 15 is 0 Å². The SMILES string of the molecule is C1=CC2Oc3cc(N(c4ccc(-c5ccc(-c6ccccc6)cc5-n5c6ccccc6c6cc7ccccc7cc65)cc4)c4ccc5c(c4)oc4ccccc45)ccc3C2C=C1. The molecule has 2 atom stereocenters. The Balaban J connectivity index is 0.985. The summed E-state index contributed by atoms with van der Waals surface area (Å²) in [7, 11) is 0. The maximum absolute atomic E-state index is 6.55. The maximum atomic E-state index is 6.55. The van der Waals surface area contributed by atoms with Gasteiger partial charge in [-0.3, -0.25) is 0 Å². The van der Waals surface area contributed by atoms with Crippen LogP contribution in [0, 0.1) is 0 Å². The number of rotatable bonds is 6. The van der Waals surface area contributed by atoms with E-state index < -0.39 is 0 Å². The number of para-hydroxylation sites is 2. The highest BCUT2D eigenvalue weighted by molar-refractivity contribution is 6.14. The van der Waals surface area contributed by atoms with Gasteiger partial charge in [0.25, 0.3) is 0 Å². The molecule has 0 bridgehead atoms. The third kappa shape index (κ3) is 5.47. The topological polar surface area (TPSA) is 30.5 Å². The van der Waals surface area contributed by atoms with Crippen LogP contribution in [0.1, 0.15) is 11.5 Å². The molecule has 0 fully saturated rings. The van der Waals surface area contributed by atoms with E-state index in [0.717, 1.165) is 61.6 Å². The minimum Gasteiger partial charge on any atom is -0.485 e. The van der Waals surface area contributed by atoms with Gasteiger partial charge in [-0.1, -0.05) is 140 Å². The van der Waals surface area contributed by atoms with Crippen molar-refractivity contribution in [1.29, 1.82) is 0 Å². The van der Waals surface area contributed by atoms with E-state index in [-0.39, 0.29) is 12.0 Å². The zero-order valence-electron chi connectivity index (χ0n) is 33.7. The molecule has 1 aliphatic heterocycles. The van der Waals surface area contributed by atoms with Gasteiger partial charge in [-0.25, -0.2) is 0 Å². The summed E-state index contributed by atoms with van der Waals surface area (Å²) >= 11 is 0. The zero-order chi connectivity index (χ0) is 40.7. The predicted molar refractivity (Wildman–Crippen MR) is 257 cm³/mol. The van der Waals surface area contributed by atoms with Gasteiger partial charge in [0.1, 0.15) is 23.0 Å². The molecule has 0 saturated heterocycles. The van der Waals surface area contributed by atoms with Gasteiger partial charge >= 0.3 is 0 Å². The van der Waals surface area contributed by atoms with Crippen LogP contribution in [0.4, 0.5) is 17.1 Å². The summed E-state index contributed by atoms with van der Waals surface area (Å²) in [5, 5.41) is 7.16. The van der Waals surface area contributed by atoms with E-state index in [9.17, 15) is 0 Å². The quantitative estimate of drug-likeness (QED) is 0.168. The van der Waals surface area contributed by atoms with Crippen LogP contribution in [-0.2, 0) is 0 Å². The molecule has 9 aromatic carbocycles. The number of furan rings is 1. The molecule has 0 amide bonds. The smallest absolute Gasteiger partial charge is 0.137 e. The fraction of sp³-hybridized carbons (Fsp3) is 0.0345. The number of allylic oxidation sites excluding steroid dienone is 2. The van der Waals surface area contributed by atoms with Crippen LogP contribution in [-0.4, -0.2) is 10.7 Å². The molecule has 0 radical (unpaired) electrons. The van der Waals surface area contributed by atoms with Crippen molar-refractivity contribution < 1.29 is 9.15 Å². The first-order valence-corrected chi connectivity index (χ1v) is 21.3. The van der Waals surface area contributed by atoms with E-state index in [2.05, 4.69) is 216 Å². The Bertz CT molecular complexity index is 3630. The monoisotopic (exact) mass is 794 g/mol. The first kappa shape index (κ1) is 34.8. The van der Waals surface area contributed by atoms with E-state index in [1.54, 1.807) is 0 Å². The molecule has 11 aromatic rings. The number of hydrogen-bond acceptors (Lipinski definition) is 3. The lowest BCUT2D eigenvalue weighted by molar-refractivity contribution is 0.269. The zero-order valence-corrected chi connectivity index (χ0v) is 33.7. The van der Waals surface area contributed by atoms with Crippen molar-refractivity contribution in [1.82, 2.24) is 4.57 Å². The fourth-order valence-electron chi connectivity index (χ4n) is 9.94. The summed E-state index contributed by atoms with van der Waals surface area (Å²) in [6.45, 7) is 0. The lowest BCUT2D eigenvalue weighted by atomic mass is 9.92. The molecular weight excluding hydrogens is 757 g/mol. The largest absolute Gasteiger partial charge is 0.485 e. The van der Waals surface area contributed by atoms with Gasteiger partial charge in [-0.2, -0.15) is 0 Å². The molecular formula is C58H38N2O2. The lowest BCUT2D eigenvalue weighted by Gasteiger charge is -2.26. The van der Waals surface area contributed by atoms with Crippen LogP contribution >= 0.6 is 0 Å². The summed E-state index contributed by atoms with van der Waals surface area (Å²) < 4.78 is 15.5. The van der Waals surface area contributed by atoms with Gasteiger partial charge in [0.2, 0.25) is 0 Å². The highest BCUT2D eigenvalue weighted by Gasteiger charge is 2.33. The Morgan fingerprint density at radius 1 is 0.435 bits per heavy atom. The minimum atomic E-state index is 0.0145. The second-order valence-corrected chi connectivity index (χ2v) is 16.4. The van der Waals surface area contributed by atoms with E-state index in [1.807, 2.05) is 12.1 Å². The minimum absolute atomic E-state index is 0.0145. The van der Waals surface area contributed by atoms with Crippen LogP contribution in [0.15, 0.2) is 223 Å². The highest BCUT2D eigenvalue weighted by atomic mass is 16.5. The Morgan fingerprint density at radius 3 is 2.02 bits per heavy atom. The predicted octanol–water partition coefficient (Wildman–Crippen LogP) is 15.6. The van der Waals surface area contributed by atoms with Crippen LogP contribution in [0.3, 0.4) is 0 Å². The number of nitrogens with zero attached hydrogens (tertiary/aromatic N) is 2. The van der Waals surface area contributed by atoms with Crippen LogP contribution in [0.2, 0.25) is 0 Å². The van der Waals surface area contributed by atoms with E-state index in [4.69, 9.17) is 9.15 Å². The van der Waals surface area contributed by atoms with Crippen LogP contribution in [0.5, 0.6) is 5.75 Å². The molecule has 0 saturated carbocycles. The number of anilines is 3. The summed E-state index contributed by atoms with van der Waals surface area (Å²) in [6, 6.07) is 70.2. The second-order valence-electron chi connectivity index (χ2n) is 16.4. The first-order valence-electron chi connectivity index (χ1n) is 21.3. The Hall–Kier alpha value is -8.08. The van der Waals surface area contributed by atoms with Crippen molar-refractivity contribution in [3.63, 3.8) is 0 Å². The standard InChI is InChI=1S/C58H38N2O2/c1-2-12-37(13-3-1)41-24-29-45(53(34-41)60-52-19-9-6-16-46(52)51-32-39-14-4-5-15-40(39)33-54(51)60)38-22-25-42(26-23-38)59(43-27-30-49-47-17-7-10-20-55(47)61-57(49)35-43)44-28-31-50-48-18-8-11-21-56(48)62-58(50)36-44/h1-36,47,55H. The molecule has 0 N–H and O–H groups in total. The first-order chi connectivity index (χ1) is 30.7. The van der Waals surface area contributed by atoms with Crippen molar-refractivity contribution in [2.24, 2.45) is 0 Å². The third-order valence-corrected chi connectivity index (χ3v) is 12.9. The van der Waals surface area contributed by atoms with Crippen molar-refractivity contribution in [2.45, 2.75) is 12.0 Å². The van der Waals surface area contributed by atoms with Gasteiger partial charge in [0.15, 0.2) is 0 Å². The molecule has 0 spiro atoms. The molecule has 13 rings (SSSR count). The van der Waals surface area contributed by atoms with Crippen molar-refractivity contribution in [3.8, 4) is 33.7 Å². The molecule has 62 heavy (non-hydrogen) atoms. The number of aromatic nitrogens is 1. The molecule has 3 heterocycles. The molecule has 4 heteroatoms. The molecule has 1 aliphatic carbocycles. The van der Waals surface area contributed by atoms with Crippen LogP contribution < -0.4 is 9.64 Å². The fourth-order valence-corrected chi connectivity index (χ4v) is 9.94. The van der Waals surface area contributed by atoms with Crippen molar-refractivity contribution >= 4 is 71.6 Å². The van der Waals surface area contributed by atoms with Crippen molar-refractivity contribution in [3.05, 3.63) is 224 Å². The number of benzene rings is 9. The second kappa shape index (κ2) is 13.7. The van der Waals surface area contributed by atoms with Gasteiger partial charge in [-0.15, -0.1) is 0 Å². The summed E-state index contributed by atoms with van der Waals surface area (Å²) in [5.41, 5.74) is 14.1. The van der Waals surface area contributed by atoms with E-state index in [0.29, 0.717) is 0 Å². The molecule has 2 aromatic heterocycles. The van der Waals surface area contributed by atoms with Crippen molar-refractivity contribution in [2.75, 3.05) is 4.90 Å². The summed E-state index contributed by atoms with van der Waals surface area (Å²) in [5.74, 6) is 1.14. The number of hydrogen-bond donors (Lipinski definition) is 0. The normalized spacial score (nSPS) is 15.4. The van der Waals surface area contributed by atoms with Gasteiger partial charge in [0, 0.05) is 67.8 Å². The summed E-state index contributed by atoms with van der Waals surface area (Å²) in [4.78, 5) is 2.31. The Morgan fingerprint density at radius 2 is 1.13 bits per heavy atom. The van der Waals surface area contributed by atoms with Gasteiger partial charge in [0.05, 0.1) is 16.7 Å². The molecule has 2 unspecified atom stereocenters. The average Bonchev–Trinajstić information content (AvgIpc) is 4.00. The van der Waals surface area contributed by atoms with Gasteiger partial charge < -0.3 is 18.6 Å². The highest BCUT2D eigenvalue weighted by Crippen LogP contribution is 2.47. The average molecular weight is 795 g/mol.